The van der Waals surface area contributed by atoms with Crippen molar-refractivity contribution in [3.8, 4) is 5.75 Å². The maximum atomic E-state index is 5.84. The largest absolute Gasteiger partial charge is 0.492 e. The molecule has 0 aliphatic rings. The van der Waals surface area contributed by atoms with E-state index < -0.39 is 0 Å². The molecule has 2 rings (SSSR count). The molecule has 1 N–H and O–H groups in total. The third-order valence-corrected chi connectivity index (χ3v) is 3.07. The molecule has 102 valence electrons. The fourth-order valence-corrected chi connectivity index (χ4v) is 1.90. The van der Waals surface area contributed by atoms with Crippen molar-refractivity contribution in [1.29, 1.82) is 0 Å². The second-order valence-corrected chi connectivity index (χ2v) is 4.76. The molecule has 1 aromatic heterocycles. The molecule has 0 amide bonds. The smallest absolute Gasteiger partial charge is 0.119 e. The summed E-state index contributed by atoms with van der Waals surface area (Å²) in [5, 5.41) is 4.15. The predicted octanol–water partition coefficient (Wildman–Crippen LogP) is 4.05. The number of rotatable bonds is 7. The first-order valence-electron chi connectivity index (χ1n) is 6.43. The van der Waals surface area contributed by atoms with Crippen molar-refractivity contribution in [2.24, 2.45) is 0 Å². The van der Waals surface area contributed by atoms with E-state index in [4.69, 9.17) is 20.8 Å². The number of nitrogens with one attached hydrogen (secondary N) is 1. The Morgan fingerprint density at radius 2 is 2.05 bits per heavy atom. The minimum absolute atomic E-state index is 0.134. The van der Waals surface area contributed by atoms with Gasteiger partial charge in [0.05, 0.1) is 18.6 Å². The highest BCUT2D eigenvalue weighted by atomic mass is 35.5. The number of hydrogen-bond donors (Lipinski definition) is 1. The first-order valence-corrected chi connectivity index (χ1v) is 6.81. The third kappa shape index (κ3) is 4.30. The van der Waals surface area contributed by atoms with E-state index in [0.29, 0.717) is 11.6 Å². The molecule has 1 atom stereocenters. The minimum atomic E-state index is 0.134. The monoisotopic (exact) mass is 279 g/mol. The molecule has 0 radical (unpaired) electrons. The Morgan fingerprint density at radius 1 is 1.26 bits per heavy atom. The molecule has 19 heavy (non-hydrogen) atoms. The van der Waals surface area contributed by atoms with Gasteiger partial charge in [-0.25, -0.2) is 0 Å². The van der Waals surface area contributed by atoms with E-state index in [2.05, 4.69) is 12.2 Å². The Labute approximate surface area is 118 Å². The molecule has 0 saturated carbocycles. The van der Waals surface area contributed by atoms with Gasteiger partial charge in [-0.1, -0.05) is 18.5 Å². The van der Waals surface area contributed by atoms with Gasteiger partial charge < -0.3 is 14.5 Å². The Bertz CT molecular complexity index is 467. The van der Waals surface area contributed by atoms with Crippen LogP contribution < -0.4 is 10.1 Å². The first kappa shape index (κ1) is 14.0. The van der Waals surface area contributed by atoms with Crippen LogP contribution in [0.5, 0.6) is 5.75 Å². The minimum Gasteiger partial charge on any atom is -0.492 e. The lowest BCUT2D eigenvalue weighted by atomic mass is 10.1. The zero-order chi connectivity index (χ0) is 13.5. The SMILES string of the molecule is CCCNC(COc1ccc(Cl)cc1)c1ccoc1. The molecule has 0 fully saturated rings. The number of ether oxygens (including phenoxy) is 1. The van der Waals surface area contributed by atoms with Crippen molar-refractivity contribution in [3.05, 3.63) is 53.4 Å². The number of benzene rings is 1. The fourth-order valence-electron chi connectivity index (χ4n) is 1.78. The van der Waals surface area contributed by atoms with Crippen molar-refractivity contribution >= 4 is 11.6 Å². The van der Waals surface area contributed by atoms with Crippen molar-refractivity contribution in [3.63, 3.8) is 0 Å². The number of hydrogen-bond acceptors (Lipinski definition) is 3. The molecule has 1 unspecified atom stereocenters. The summed E-state index contributed by atoms with van der Waals surface area (Å²) in [6, 6.07) is 9.48. The number of halogens is 1. The molecular formula is C15H18ClNO2. The van der Waals surface area contributed by atoms with Gasteiger partial charge in [-0.05, 0) is 43.3 Å². The maximum absolute atomic E-state index is 5.84. The molecule has 0 aliphatic heterocycles. The van der Waals surface area contributed by atoms with Gasteiger partial charge in [-0.15, -0.1) is 0 Å². The van der Waals surface area contributed by atoms with Gasteiger partial charge in [0.25, 0.3) is 0 Å². The normalized spacial score (nSPS) is 12.3. The third-order valence-electron chi connectivity index (χ3n) is 2.82. The Hall–Kier alpha value is -1.45. The van der Waals surface area contributed by atoms with Crippen LogP contribution >= 0.6 is 11.6 Å². The average Bonchev–Trinajstić information content (AvgIpc) is 2.95. The zero-order valence-electron chi connectivity index (χ0n) is 10.9. The predicted molar refractivity (Wildman–Crippen MR) is 76.7 cm³/mol. The molecule has 0 saturated heterocycles. The maximum Gasteiger partial charge on any atom is 0.119 e. The van der Waals surface area contributed by atoms with E-state index >= 15 is 0 Å². The molecular weight excluding hydrogens is 262 g/mol. The summed E-state index contributed by atoms with van der Waals surface area (Å²) >= 11 is 5.84. The zero-order valence-corrected chi connectivity index (χ0v) is 11.7. The van der Waals surface area contributed by atoms with Crippen molar-refractivity contribution in [2.75, 3.05) is 13.2 Å². The summed E-state index contributed by atoms with van der Waals surface area (Å²) in [4.78, 5) is 0. The Morgan fingerprint density at radius 3 is 2.68 bits per heavy atom. The van der Waals surface area contributed by atoms with Gasteiger partial charge in [0.1, 0.15) is 12.4 Å². The van der Waals surface area contributed by atoms with Crippen LogP contribution in [0, 0.1) is 0 Å². The average molecular weight is 280 g/mol. The second kappa shape index (κ2) is 7.22. The molecule has 0 spiro atoms. The van der Waals surface area contributed by atoms with Gasteiger partial charge >= 0.3 is 0 Å². The highest BCUT2D eigenvalue weighted by Crippen LogP contribution is 2.19. The first-order chi connectivity index (χ1) is 9.29. The lowest BCUT2D eigenvalue weighted by molar-refractivity contribution is 0.266. The standard InChI is InChI=1S/C15H18ClNO2/c1-2-8-17-15(12-7-9-18-10-12)11-19-14-5-3-13(16)4-6-14/h3-7,9-10,15,17H,2,8,11H2,1H3. The van der Waals surface area contributed by atoms with Gasteiger partial charge in [-0.2, -0.15) is 0 Å². The fraction of sp³-hybridized carbons (Fsp3) is 0.333. The van der Waals surface area contributed by atoms with Crippen molar-refractivity contribution < 1.29 is 9.15 Å². The summed E-state index contributed by atoms with van der Waals surface area (Å²) in [5.41, 5.74) is 1.10. The molecule has 3 nitrogen and oxygen atoms in total. The lowest BCUT2D eigenvalue weighted by Crippen LogP contribution is -2.27. The van der Waals surface area contributed by atoms with Crippen LogP contribution in [-0.2, 0) is 0 Å². The number of furan rings is 1. The highest BCUT2D eigenvalue weighted by Gasteiger charge is 2.12. The quantitative estimate of drug-likeness (QED) is 0.830. The van der Waals surface area contributed by atoms with Gasteiger partial charge in [0.2, 0.25) is 0 Å². The molecule has 1 heterocycles. The van der Waals surface area contributed by atoms with Crippen LogP contribution in [0.3, 0.4) is 0 Å². The van der Waals surface area contributed by atoms with Crippen LogP contribution in [0.25, 0.3) is 0 Å². The van der Waals surface area contributed by atoms with Crippen LogP contribution in [0.1, 0.15) is 24.9 Å². The molecule has 2 aromatic rings. The highest BCUT2D eigenvalue weighted by molar-refractivity contribution is 6.30. The van der Waals surface area contributed by atoms with E-state index in [0.717, 1.165) is 24.3 Å². The van der Waals surface area contributed by atoms with Gasteiger partial charge in [0.15, 0.2) is 0 Å². The van der Waals surface area contributed by atoms with Gasteiger partial charge in [0, 0.05) is 10.6 Å². The van der Waals surface area contributed by atoms with E-state index in [1.165, 1.54) is 0 Å². The van der Waals surface area contributed by atoms with E-state index in [-0.39, 0.29) is 6.04 Å². The van der Waals surface area contributed by atoms with E-state index in [9.17, 15) is 0 Å². The lowest BCUT2D eigenvalue weighted by Gasteiger charge is -2.17. The molecule has 0 aliphatic carbocycles. The summed E-state index contributed by atoms with van der Waals surface area (Å²) in [5.74, 6) is 0.816. The molecule has 1 aromatic carbocycles. The van der Waals surface area contributed by atoms with E-state index in [1.807, 2.05) is 30.3 Å². The topological polar surface area (TPSA) is 34.4 Å². The van der Waals surface area contributed by atoms with Crippen LogP contribution in [0.15, 0.2) is 47.3 Å². The van der Waals surface area contributed by atoms with E-state index in [1.54, 1.807) is 12.5 Å². The molecule has 4 heteroatoms. The molecule has 0 bridgehead atoms. The van der Waals surface area contributed by atoms with Crippen molar-refractivity contribution in [2.45, 2.75) is 19.4 Å². The van der Waals surface area contributed by atoms with Crippen molar-refractivity contribution in [1.82, 2.24) is 5.32 Å². The summed E-state index contributed by atoms with van der Waals surface area (Å²) in [6.45, 7) is 3.64. The Balaban J connectivity index is 1.94. The van der Waals surface area contributed by atoms with Gasteiger partial charge in [-0.3, -0.25) is 0 Å². The van der Waals surface area contributed by atoms with Crippen LogP contribution in [-0.4, -0.2) is 13.2 Å². The van der Waals surface area contributed by atoms with Crippen LogP contribution in [0.2, 0.25) is 5.02 Å². The second-order valence-electron chi connectivity index (χ2n) is 4.33. The summed E-state index contributed by atoms with van der Waals surface area (Å²) in [7, 11) is 0. The summed E-state index contributed by atoms with van der Waals surface area (Å²) < 4.78 is 10.9. The van der Waals surface area contributed by atoms with Crippen LogP contribution in [0.4, 0.5) is 0 Å². The Kier molecular flexibility index (Phi) is 5.31. The summed E-state index contributed by atoms with van der Waals surface area (Å²) in [6.07, 6.45) is 4.51.